The molecule has 27 heavy (non-hydrogen) atoms. The summed E-state index contributed by atoms with van der Waals surface area (Å²) in [4.78, 5) is 11.7. The molecule has 0 rings (SSSR count). The first-order chi connectivity index (χ1) is 12.0. The molecule has 12 heteroatoms. The lowest BCUT2D eigenvalue weighted by molar-refractivity contribution is -0.396. The Morgan fingerprint density at radius 2 is 1.48 bits per heavy atom. The van der Waals surface area contributed by atoms with Crippen molar-refractivity contribution in [1.82, 2.24) is 0 Å². The minimum absolute atomic E-state index is 0.0168. The Labute approximate surface area is 155 Å². The highest BCUT2D eigenvalue weighted by Gasteiger charge is 2.81. The summed E-state index contributed by atoms with van der Waals surface area (Å²) in [5.41, 5.74) is 0. The van der Waals surface area contributed by atoms with Gasteiger partial charge in [-0.05, 0) is 31.4 Å². The van der Waals surface area contributed by atoms with E-state index in [2.05, 4.69) is 0 Å². The Morgan fingerprint density at radius 1 is 0.963 bits per heavy atom. The number of rotatable bonds is 11. The number of ether oxygens (including phenoxy) is 1. The zero-order valence-electron chi connectivity index (χ0n) is 14.8. The fraction of sp³-hybridized carbons (Fsp3) is 0.933. The van der Waals surface area contributed by atoms with Gasteiger partial charge in [0.1, 0.15) is 5.25 Å². The van der Waals surface area contributed by atoms with Crippen molar-refractivity contribution in [3.05, 3.63) is 0 Å². The van der Waals surface area contributed by atoms with Gasteiger partial charge in [0.05, 0.1) is 6.61 Å². The van der Waals surface area contributed by atoms with E-state index in [1.807, 2.05) is 0 Å². The predicted octanol–water partition coefficient (Wildman–Crippen LogP) is 5.95. The number of alkyl halides is 9. The maximum atomic E-state index is 13.4. The fourth-order valence-corrected chi connectivity index (χ4v) is 3.30. The van der Waals surface area contributed by atoms with Gasteiger partial charge in [0.15, 0.2) is 0 Å². The van der Waals surface area contributed by atoms with Crippen molar-refractivity contribution in [3.8, 4) is 0 Å². The summed E-state index contributed by atoms with van der Waals surface area (Å²) in [7, 11) is 0. The van der Waals surface area contributed by atoms with Gasteiger partial charge in [-0.2, -0.15) is 39.5 Å². The summed E-state index contributed by atoms with van der Waals surface area (Å²) in [6, 6.07) is 0. The number of esters is 1. The van der Waals surface area contributed by atoms with E-state index < -0.39 is 48.0 Å². The molecule has 0 aromatic rings. The van der Waals surface area contributed by atoms with Crippen molar-refractivity contribution in [1.29, 1.82) is 0 Å². The zero-order chi connectivity index (χ0) is 21.7. The average Bonchev–Trinajstić information content (AvgIpc) is 2.48. The molecule has 0 radical (unpaired) electrons. The van der Waals surface area contributed by atoms with Gasteiger partial charge in [-0.1, -0.05) is 13.8 Å². The molecule has 0 aromatic heterocycles. The zero-order valence-corrected chi connectivity index (χ0v) is 15.6. The molecule has 0 aliphatic carbocycles. The van der Waals surface area contributed by atoms with Gasteiger partial charge in [-0.15, -0.1) is 11.8 Å². The van der Waals surface area contributed by atoms with E-state index in [0.29, 0.717) is 6.42 Å². The Hall–Kier alpha value is -0.810. The van der Waals surface area contributed by atoms with E-state index >= 15 is 0 Å². The molecular formula is C15H21F9O2S. The third-order valence-electron chi connectivity index (χ3n) is 3.40. The van der Waals surface area contributed by atoms with Crippen LogP contribution in [0.3, 0.4) is 0 Å². The van der Waals surface area contributed by atoms with Crippen LogP contribution in [0.25, 0.3) is 0 Å². The standard InChI is InChI=1S/C15H21F9O2S/c1-4-26-11(25)10(8-9(2)3)27-7-5-6-12(16,17)13(18,19)14(20,21)15(22,23)24/h9-10H,4-8H2,1-3H3. The highest BCUT2D eigenvalue weighted by molar-refractivity contribution is 8.00. The molecule has 0 aliphatic heterocycles. The molecule has 2 nitrogen and oxygen atoms in total. The first kappa shape index (κ1) is 26.2. The van der Waals surface area contributed by atoms with E-state index in [-0.39, 0.29) is 18.3 Å². The van der Waals surface area contributed by atoms with Crippen LogP contribution in [0, 0.1) is 5.92 Å². The van der Waals surface area contributed by atoms with Crippen LogP contribution in [0.5, 0.6) is 0 Å². The first-order valence-corrected chi connectivity index (χ1v) is 9.04. The lowest BCUT2D eigenvalue weighted by Gasteiger charge is -2.33. The summed E-state index contributed by atoms with van der Waals surface area (Å²) >= 11 is 0.800. The van der Waals surface area contributed by atoms with Gasteiger partial charge in [0.2, 0.25) is 0 Å². The second kappa shape index (κ2) is 9.60. The van der Waals surface area contributed by atoms with Gasteiger partial charge in [-0.3, -0.25) is 4.79 Å². The van der Waals surface area contributed by atoms with E-state index in [0.717, 1.165) is 11.8 Å². The Balaban J connectivity index is 4.91. The van der Waals surface area contributed by atoms with Crippen molar-refractivity contribution in [2.24, 2.45) is 5.92 Å². The number of halogens is 9. The number of carbonyl (C=O) groups excluding carboxylic acids is 1. The summed E-state index contributed by atoms with van der Waals surface area (Å²) in [6.45, 7) is 5.13. The van der Waals surface area contributed by atoms with Gasteiger partial charge in [0.25, 0.3) is 0 Å². The maximum Gasteiger partial charge on any atom is 0.460 e. The van der Waals surface area contributed by atoms with E-state index in [9.17, 15) is 44.3 Å². The largest absolute Gasteiger partial charge is 0.465 e. The lowest BCUT2D eigenvalue weighted by atomic mass is 10.00. The Bertz CT molecular complexity index is 478. The number of carbonyl (C=O) groups is 1. The average molecular weight is 436 g/mol. The molecule has 162 valence electrons. The van der Waals surface area contributed by atoms with Crippen LogP contribution in [-0.4, -0.2) is 47.5 Å². The topological polar surface area (TPSA) is 26.3 Å². The maximum absolute atomic E-state index is 13.4. The number of hydrogen-bond donors (Lipinski definition) is 0. The van der Waals surface area contributed by atoms with Crippen LogP contribution >= 0.6 is 11.8 Å². The normalized spacial score (nSPS) is 15.1. The minimum Gasteiger partial charge on any atom is -0.465 e. The Kier molecular flexibility index (Phi) is 9.31. The molecule has 0 heterocycles. The monoisotopic (exact) mass is 436 g/mol. The quantitative estimate of drug-likeness (QED) is 0.228. The van der Waals surface area contributed by atoms with Crippen molar-refractivity contribution in [2.75, 3.05) is 12.4 Å². The summed E-state index contributed by atoms with van der Waals surface area (Å²) in [5.74, 6) is -20.0. The SMILES string of the molecule is CCOC(=O)C(CC(C)C)SCCCC(F)(F)C(F)(F)C(F)(F)C(F)(F)F. The smallest absolute Gasteiger partial charge is 0.460 e. The van der Waals surface area contributed by atoms with E-state index in [1.54, 1.807) is 20.8 Å². The van der Waals surface area contributed by atoms with Crippen LogP contribution in [0.2, 0.25) is 0 Å². The fourth-order valence-electron chi connectivity index (χ4n) is 1.98. The van der Waals surface area contributed by atoms with Gasteiger partial charge < -0.3 is 4.74 Å². The molecule has 0 bridgehead atoms. The summed E-state index contributed by atoms with van der Waals surface area (Å²) in [6.07, 6.45) is -9.21. The molecule has 0 saturated heterocycles. The highest BCUT2D eigenvalue weighted by atomic mass is 32.2. The molecular weight excluding hydrogens is 415 g/mol. The van der Waals surface area contributed by atoms with Crippen LogP contribution in [-0.2, 0) is 9.53 Å². The van der Waals surface area contributed by atoms with Crippen LogP contribution in [0.4, 0.5) is 39.5 Å². The Morgan fingerprint density at radius 3 is 1.89 bits per heavy atom. The second-order valence-electron chi connectivity index (χ2n) is 6.20. The van der Waals surface area contributed by atoms with E-state index in [4.69, 9.17) is 4.74 Å². The molecule has 0 N–H and O–H groups in total. The molecule has 0 spiro atoms. The predicted molar refractivity (Wildman–Crippen MR) is 82.5 cm³/mol. The van der Waals surface area contributed by atoms with Crippen molar-refractivity contribution >= 4 is 17.7 Å². The molecule has 1 unspecified atom stereocenters. The molecule has 0 aliphatic rings. The number of hydrogen-bond acceptors (Lipinski definition) is 3. The minimum atomic E-state index is -6.87. The second-order valence-corrected chi connectivity index (χ2v) is 7.51. The van der Waals surface area contributed by atoms with Crippen molar-refractivity contribution in [3.63, 3.8) is 0 Å². The van der Waals surface area contributed by atoms with E-state index in [1.165, 1.54) is 0 Å². The highest BCUT2D eigenvalue weighted by Crippen LogP contribution is 2.54. The van der Waals surface area contributed by atoms with Gasteiger partial charge in [0, 0.05) is 6.42 Å². The molecule has 0 saturated carbocycles. The summed E-state index contributed by atoms with van der Waals surface area (Å²) < 4.78 is 119. The number of thioether (sulfide) groups is 1. The third-order valence-corrected chi connectivity index (χ3v) is 4.71. The molecule has 1 atom stereocenters. The molecule has 0 fully saturated rings. The van der Waals surface area contributed by atoms with Crippen LogP contribution in [0.1, 0.15) is 40.0 Å². The van der Waals surface area contributed by atoms with Gasteiger partial charge in [-0.25, -0.2) is 0 Å². The van der Waals surface area contributed by atoms with Crippen molar-refractivity contribution in [2.45, 2.75) is 69.2 Å². The molecule has 0 amide bonds. The van der Waals surface area contributed by atoms with Crippen LogP contribution < -0.4 is 0 Å². The van der Waals surface area contributed by atoms with Crippen LogP contribution in [0.15, 0.2) is 0 Å². The van der Waals surface area contributed by atoms with Crippen molar-refractivity contribution < 1.29 is 49.0 Å². The van der Waals surface area contributed by atoms with Gasteiger partial charge >= 0.3 is 29.9 Å². The first-order valence-electron chi connectivity index (χ1n) is 7.99. The molecule has 0 aromatic carbocycles. The third kappa shape index (κ3) is 6.63. The summed E-state index contributed by atoms with van der Waals surface area (Å²) in [5, 5.41) is -0.782. The lowest BCUT2D eigenvalue weighted by Crippen LogP contribution is -2.60.